The first-order chi connectivity index (χ1) is 14.6. The first-order valence-electron chi connectivity index (χ1n) is 9.79. The highest BCUT2D eigenvalue weighted by atomic mass is 79.9. The van der Waals surface area contributed by atoms with Gasteiger partial charge in [0.15, 0.2) is 5.82 Å². The average Bonchev–Trinajstić information content (AvgIpc) is 2.63. The highest BCUT2D eigenvalue weighted by Crippen LogP contribution is 2.41. The first kappa shape index (κ1) is 24.4. The van der Waals surface area contributed by atoms with Crippen molar-refractivity contribution in [3.05, 3.63) is 28.0 Å². The van der Waals surface area contributed by atoms with Gasteiger partial charge < -0.3 is 14.5 Å². The molecule has 1 aromatic carbocycles. The van der Waals surface area contributed by atoms with Crippen molar-refractivity contribution < 1.29 is 31.5 Å². The van der Waals surface area contributed by atoms with E-state index in [2.05, 4.69) is 25.9 Å². The van der Waals surface area contributed by atoms with E-state index < -0.39 is 57.4 Å². The molecular formula is C20H22BrF5N4O2. The maximum atomic E-state index is 14.7. The summed E-state index contributed by atoms with van der Waals surface area (Å²) in [5, 5.41) is -0.274. The molecule has 176 valence electrons. The monoisotopic (exact) mass is 524 g/mol. The van der Waals surface area contributed by atoms with E-state index in [1.54, 1.807) is 39.5 Å². The van der Waals surface area contributed by atoms with Crippen molar-refractivity contribution in [3.8, 4) is 0 Å². The largest absolute Gasteiger partial charge is 0.444 e. The molecule has 2 heterocycles. The average molecular weight is 525 g/mol. The van der Waals surface area contributed by atoms with E-state index in [-0.39, 0.29) is 24.3 Å². The zero-order chi connectivity index (χ0) is 24.2. The number of nitrogens with zero attached hydrogens (tertiary/aromatic N) is 4. The van der Waals surface area contributed by atoms with Crippen LogP contribution in [0.15, 0.2) is 10.5 Å². The van der Waals surface area contributed by atoms with Crippen LogP contribution in [0.2, 0.25) is 0 Å². The SMILES string of the molecule is C[C@@H]1CN(c2nc(F)nc3c(F)c(Br)c(C(F)(F)F)cc23)[C@@H](C)CN1C(=O)OC(C)(C)C. The molecule has 0 saturated carbocycles. The van der Waals surface area contributed by atoms with E-state index in [9.17, 15) is 26.7 Å². The van der Waals surface area contributed by atoms with Gasteiger partial charge in [-0.2, -0.15) is 27.5 Å². The summed E-state index contributed by atoms with van der Waals surface area (Å²) in [5.41, 5.74) is -2.53. The molecular weight excluding hydrogens is 503 g/mol. The number of carbonyl (C=O) groups excluding carboxylic acids is 1. The summed E-state index contributed by atoms with van der Waals surface area (Å²) in [6.45, 7) is 8.89. The standard InChI is InChI=1S/C20H22BrF5N4O2/c1-9-8-30(18(31)32-19(3,4)5)10(2)7-29(9)16-11-6-12(20(24,25)26)13(21)14(22)15(11)27-17(23)28-16/h6,9-10H,7-8H2,1-5H3/t9-,10+/m0/s1. The minimum Gasteiger partial charge on any atom is -0.444 e. The second-order valence-electron chi connectivity index (χ2n) is 8.75. The zero-order valence-electron chi connectivity index (χ0n) is 18.0. The Morgan fingerprint density at radius 2 is 1.75 bits per heavy atom. The summed E-state index contributed by atoms with van der Waals surface area (Å²) >= 11 is 2.60. The maximum absolute atomic E-state index is 14.7. The van der Waals surface area contributed by atoms with E-state index in [1.165, 1.54) is 4.90 Å². The quantitative estimate of drug-likeness (QED) is 0.363. The Kier molecular flexibility index (Phi) is 6.31. The van der Waals surface area contributed by atoms with Gasteiger partial charge in [0.05, 0.1) is 10.0 Å². The van der Waals surface area contributed by atoms with Crippen molar-refractivity contribution in [2.24, 2.45) is 0 Å². The lowest BCUT2D eigenvalue weighted by molar-refractivity contribution is -0.138. The van der Waals surface area contributed by atoms with Gasteiger partial charge in [-0.3, -0.25) is 0 Å². The molecule has 0 bridgehead atoms. The number of carbonyl (C=O) groups is 1. The van der Waals surface area contributed by atoms with Gasteiger partial charge in [-0.1, -0.05) is 0 Å². The summed E-state index contributed by atoms with van der Waals surface area (Å²) in [6, 6.07) is -0.205. The predicted octanol–water partition coefficient (Wildman–Crippen LogP) is 5.52. The molecule has 1 aliphatic heterocycles. The van der Waals surface area contributed by atoms with E-state index in [0.29, 0.717) is 6.07 Å². The van der Waals surface area contributed by atoms with Gasteiger partial charge in [-0.05, 0) is 56.6 Å². The second kappa shape index (κ2) is 8.27. The molecule has 1 saturated heterocycles. The van der Waals surface area contributed by atoms with Gasteiger partial charge in [0.1, 0.15) is 16.9 Å². The first-order valence-corrected chi connectivity index (χ1v) is 10.6. The van der Waals surface area contributed by atoms with Gasteiger partial charge in [0.25, 0.3) is 0 Å². The van der Waals surface area contributed by atoms with E-state index in [4.69, 9.17) is 4.74 Å². The van der Waals surface area contributed by atoms with Crippen molar-refractivity contribution in [2.45, 2.75) is 58.5 Å². The van der Waals surface area contributed by atoms with Crippen LogP contribution in [0, 0.1) is 11.9 Å². The summed E-state index contributed by atoms with van der Waals surface area (Å²) in [7, 11) is 0. The molecule has 3 rings (SSSR count). The van der Waals surface area contributed by atoms with E-state index in [0.717, 1.165) is 0 Å². The molecule has 0 aliphatic carbocycles. The molecule has 1 aromatic heterocycles. The number of aromatic nitrogens is 2. The molecule has 2 atom stereocenters. The number of alkyl halides is 3. The number of benzene rings is 1. The summed E-state index contributed by atoms with van der Waals surface area (Å²) < 4.78 is 73.8. The van der Waals surface area contributed by atoms with Gasteiger partial charge >= 0.3 is 18.3 Å². The number of fused-ring (bicyclic) bond motifs is 1. The highest BCUT2D eigenvalue weighted by molar-refractivity contribution is 9.10. The molecule has 1 fully saturated rings. The van der Waals surface area contributed by atoms with Crippen LogP contribution in [0.25, 0.3) is 10.9 Å². The van der Waals surface area contributed by atoms with Gasteiger partial charge in [0, 0.05) is 30.6 Å². The molecule has 2 aromatic rings. The fraction of sp³-hybridized carbons (Fsp3) is 0.550. The Hall–Kier alpha value is -2.24. The Balaban J connectivity index is 2.06. The number of hydrogen-bond donors (Lipinski definition) is 0. The Morgan fingerprint density at radius 1 is 1.12 bits per heavy atom. The number of anilines is 1. The molecule has 0 spiro atoms. The lowest BCUT2D eigenvalue weighted by Crippen LogP contribution is -2.59. The van der Waals surface area contributed by atoms with Gasteiger partial charge in [0.2, 0.25) is 0 Å². The number of halogens is 6. The number of piperazine rings is 1. The second-order valence-corrected chi connectivity index (χ2v) is 9.54. The van der Waals surface area contributed by atoms with Crippen LogP contribution in [-0.2, 0) is 10.9 Å². The van der Waals surface area contributed by atoms with Crippen molar-refractivity contribution >= 4 is 38.7 Å². The number of hydrogen-bond acceptors (Lipinski definition) is 5. The van der Waals surface area contributed by atoms with Crippen molar-refractivity contribution in [3.63, 3.8) is 0 Å². The van der Waals surface area contributed by atoms with Crippen LogP contribution in [0.1, 0.15) is 40.2 Å². The molecule has 0 unspecified atom stereocenters. The third kappa shape index (κ3) is 4.74. The van der Waals surface area contributed by atoms with Gasteiger partial charge in [-0.25, -0.2) is 9.18 Å². The highest BCUT2D eigenvalue weighted by Gasteiger charge is 2.39. The van der Waals surface area contributed by atoms with Crippen LogP contribution in [0.4, 0.5) is 32.6 Å². The lowest BCUT2D eigenvalue weighted by Gasteiger charge is -2.44. The normalized spacial score (nSPS) is 20.1. The van der Waals surface area contributed by atoms with Crippen LogP contribution in [0.3, 0.4) is 0 Å². The van der Waals surface area contributed by atoms with E-state index >= 15 is 0 Å². The molecule has 0 radical (unpaired) electrons. The number of ether oxygens (including phenoxy) is 1. The lowest BCUT2D eigenvalue weighted by atomic mass is 10.1. The topological polar surface area (TPSA) is 58.6 Å². The molecule has 6 nitrogen and oxygen atoms in total. The summed E-state index contributed by atoms with van der Waals surface area (Å²) in [6.07, 6.45) is -6.66. The zero-order valence-corrected chi connectivity index (χ0v) is 19.6. The van der Waals surface area contributed by atoms with E-state index in [1.807, 2.05) is 0 Å². The fourth-order valence-corrected chi connectivity index (χ4v) is 4.11. The number of amides is 1. The van der Waals surface area contributed by atoms with Gasteiger partial charge in [-0.15, -0.1) is 0 Å². The fourth-order valence-electron chi connectivity index (χ4n) is 3.58. The molecule has 32 heavy (non-hydrogen) atoms. The minimum absolute atomic E-state index is 0.116. The summed E-state index contributed by atoms with van der Waals surface area (Å²) in [5.74, 6) is -1.50. The third-order valence-corrected chi connectivity index (χ3v) is 5.79. The third-order valence-electron chi connectivity index (χ3n) is 5.02. The Labute approximate surface area is 189 Å². The summed E-state index contributed by atoms with van der Waals surface area (Å²) in [4.78, 5) is 22.7. The number of rotatable bonds is 1. The molecule has 12 heteroatoms. The van der Waals surface area contributed by atoms with Crippen molar-refractivity contribution in [2.75, 3.05) is 18.0 Å². The molecule has 0 N–H and O–H groups in total. The van der Waals surface area contributed by atoms with Crippen molar-refractivity contribution in [1.29, 1.82) is 0 Å². The van der Waals surface area contributed by atoms with Crippen LogP contribution < -0.4 is 4.90 Å². The van der Waals surface area contributed by atoms with Crippen LogP contribution >= 0.6 is 15.9 Å². The molecule has 1 amide bonds. The maximum Gasteiger partial charge on any atom is 0.417 e. The Morgan fingerprint density at radius 3 is 2.31 bits per heavy atom. The predicted molar refractivity (Wildman–Crippen MR) is 111 cm³/mol. The van der Waals surface area contributed by atoms with Crippen molar-refractivity contribution in [1.82, 2.24) is 14.9 Å². The van der Waals surface area contributed by atoms with Crippen LogP contribution in [0.5, 0.6) is 0 Å². The minimum atomic E-state index is -4.85. The van der Waals surface area contributed by atoms with Crippen LogP contribution in [-0.4, -0.2) is 51.7 Å². The smallest absolute Gasteiger partial charge is 0.417 e. The molecule has 1 aliphatic rings. The Bertz CT molecular complexity index is 1060.